The van der Waals surface area contributed by atoms with Crippen molar-refractivity contribution in [3.8, 4) is 11.5 Å². The van der Waals surface area contributed by atoms with Crippen LogP contribution in [-0.2, 0) is 10.7 Å². The van der Waals surface area contributed by atoms with E-state index in [2.05, 4.69) is 0 Å². The van der Waals surface area contributed by atoms with Gasteiger partial charge in [0.2, 0.25) is 0 Å². The molecule has 0 aliphatic carbocycles. The second-order valence-corrected chi connectivity index (χ2v) is 12.7. The molecule has 0 unspecified atom stereocenters. The minimum atomic E-state index is -3.93. The average Bonchev–Trinajstić information content (AvgIpc) is 3.12. The maximum absolute atomic E-state index is 14.4. The second kappa shape index (κ2) is 14.1. The number of ketones is 3. The van der Waals surface area contributed by atoms with E-state index in [1.165, 1.54) is 0 Å². The SMILES string of the molecule is O=C(c1ccccc1)c1ccc(CP(=O)(Oc2ccc(C(=O)c3ccccc3)cc2)Oc2ccc(C(=O)c3ccccc3)cc2)cc1. The molecule has 0 saturated carbocycles. The van der Waals surface area contributed by atoms with Crippen LogP contribution in [0.3, 0.4) is 0 Å². The van der Waals surface area contributed by atoms with Gasteiger partial charge in [-0.05, 0) is 54.1 Å². The van der Waals surface area contributed by atoms with Gasteiger partial charge in [-0.3, -0.25) is 14.4 Å². The largest absolute Gasteiger partial charge is 0.435 e. The lowest BCUT2D eigenvalue weighted by Gasteiger charge is -2.21. The Bertz CT molecular complexity index is 1800. The lowest BCUT2D eigenvalue weighted by molar-refractivity contribution is 0.103. The summed E-state index contributed by atoms with van der Waals surface area (Å²) in [7, 11) is -3.93. The first-order valence-electron chi connectivity index (χ1n) is 14.9. The summed E-state index contributed by atoms with van der Waals surface area (Å²) in [5.41, 5.74) is 3.71. The minimum absolute atomic E-state index is 0.109. The Morgan fingerprint density at radius 2 is 0.660 bits per heavy atom. The molecule has 6 aromatic carbocycles. The number of carbonyl (C=O) groups excluding carboxylic acids is 3. The van der Waals surface area contributed by atoms with E-state index >= 15 is 0 Å². The van der Waals surface area contributed by atoms with Crippen molar-refractivity contribution in [3.63, 3.8) is 0 Å². The maximum atomic E-state index is 14.4. The standard InChI is InChI=1S/C40H29O6P/c41-38(30-10-4-1-5-11-30)33-18-16-29(17-19-33)28-47(44,45-36-24-20-34(21-25-36)39(42)31-12-6-2-7-13-31)46-37-26-22-35(23-27-37)40(43)32-14-8-3-9-15-32/h1-27H,28H2. The zero-order chi connectivity index (χ0) is 32.6. The highest BCUT2D eigenvalue weighted by Crippen LogP contribution is 2.51. The Hall–Kier alpha value is -5.84. The van der Waals surface area contributed by atoms with E-state index in [4.69, 9.17) is 9.05 Å². The van der Waals surface area contributed by atoms with Crippen molar-refractivity contribution in [2.24, 2.45) is 0 Å². The van der Waals surface area contributed by atoms with Gasteiger partial charge in [-0.15, -0.1) is 0 Å². The van der Waals surface area contributed by atoms with Crippen molar-refractivity contribution in [3.05, 3.63) is 203 Å². The predicted molar refractivity (Wildman–Crippen MR) is 182 cm³/mol. The van der Waals surface area contributed by atoms with E-state index in [-0.39, 0.29) is 35.0 Å². The fourth-order valence-electron chi connectivity index (χ4n) is 4.99. The summed E-state index contributed by atoms with van der Waals surface area (Å²) in [6, 6.07) is 46.4. The van der Waals surface area contributed by atoms with Gasteiger partial charge in [0.1, 0.15) is 11.5 Å². The Morgan fingerprint density at radius 1 is 0.383 bits per heavy atom. The predicted octanol–water partition coefficient (Wildman–Crippen LogP) is 9.23. The van der Waals surface area contributed by atoms with Crippen LogP contribution in [0.2, 0.25) is 0 Å². The third-order valence-electron chi connectivity index (χ3n) is 7.42. The van der Waals surface area contributed by atoms with Crippen molar-refractivity contribution in [2.75, 3.05) is 0 Å². The first kappa shape index (κ1) is 31.2. The number of hydrogen-bond donors (Lipinski definition) is 0. The average molecular weight is 637 g/mol. The molecule has 0 heterocycles. The molecule has 0 aliphatic rings. The first-order chi connectivity index (χ1) is 22.9. The van der Waals surface area contributed by atoms with Crippen molar-refractivity contribution in [1.82, 2.24) is 0 Å². The van der Waals surface area contributed by atoms with Gasteiger partial charge in [0, 0.05) is 33.4 Å². The summed E-state index contributed by atoms with van der Waals surface area (Å²) < 4.78 is 26.5. The Kier molecular flexibility index (Phi) is 9.33. The first-order valence-corrected chi connectivity index (χ1v) is 16.7. The van der Waals surface area contributed by atoms with Gasteiger partial charge >= 0.3 is 7.60 Å². The Balaban J connectivity index is 1.24. The minimum Gasteiger partial charge on any atom is -0.416 e. The zero-order valence-electron chi connectivity index (χ0n) is 25.2. The fraction of sp³-hybridized carbons (Fsp3) is 0.0250. The van der Waals surface area contributed by atoms with Gasteiger partial charge in [0.25, 0.3) is 0 Å². The lowest BCUT2D eigenvalue weighted by Crippen LogP contribution is -2.06. The van der Waals surface area contributed by atoms with Crippen molar-refractivity contribution < 1.29 is 28.0 Å². The normalized spacial score (nSPS) is 11.0. The molecule has 0 fully saturated rings. The van der Waals surface area contributed by atoms with Gasteiger partial charge in [-0.2, -0.15) is 0 Å². The zero-order valence-corrected chi connectivity index (χ0v) is 26.1. The summed E-state index contributed by atoms with van der Waals surface area (Å²) in [5, 5.41) is 0. The van der Waals surface area contributed by atoms with E-state index in [9.17, 15) is 18.9 Å². The molecule has 0 N–H and O–H groups in total. The molecule has 6 aromatic rings. The summed E-state index contributed by atoms with van der Waals surface area (Å²) >= 11 is 0. The van der Waals surface area contributed by atoms with Crippen LogP contribution in [0.15, 0.2) is 164 Å². The van der Waals surface area contributed by atoms with Crippen molar-refractivity contribution in [2.45, 2.75) is 6.16 Å². The third-order valence-corrected chi connectivity index (χ3v) is 9.15. The highest BCUT2D eigenvalue weighted by molar-refractivity contribution is 7.53. The summed E-state index contributed by atoms with van der Waals surface area (Å²) in [6.07, 6.45) is -0.109. The Labute approximate surface area is 272 Å². The van der Waals surface area contributed by atoms with Gasteiger partial charge in [0.05, 0.1) is 6.16 Å². The van der Waals surface area contributed by atoms with Crippen LogP contribution in [0.5, 0.6) is 11.5 Å². The molecule has 0 radical (unpaired) electrons. The molecule has 6 rings (SSSR count). The maximum Gasteiger partial charge on any atom is 0.435 e. The number of carbonyl (C=O) groups is 3. The molecule has 0 saturated heterocycles. The highest BCUT2D eigenvalue weighted by Gasteiger charge is 2.29. The fourth-order valence-corrected chi connectivity index (χ4v) is 6.70. The van der Waals surface area contributed by atoms with Gasteiger partial charge in [-0.1, -0.05) is 115 Å². The summed E-state index contributed by atoms with van der Waals surface area (Å²) in [5.74, 6) is 0.0937. The highest BCUT2D eigenvalue weighted by atomic mass is 31.2. The molecule has 6 nitrogen and oxygen atoms in total. The van der Waals surface area contributed by atoms with E-state index in [1.54, 1.807) is 146 Å². The van der Waals surface area contributed by atoms with E-state index in [0.29, 0.717) is 38.9 Å². The second-order valence-electron chi connectivity index (χ2n) is 10.8. The molecule has 0 spiro atoms. The quantitative estimate of drug-likeness (QED) is 0.0983. The molecular formula is C40H29O6P. The molecule has 47 heavy (non-hydrogen) atoms. The lowest BCUT2D eigenvalue weighted by atomic mass is 10.0. The summed E-state index contributed by atoms with van der Waals surface area (Å²) in [4.78, 5) is 38.7. The van der Waals surface area contributed by atoms with Gasteiger partial charge < -0.3 is 9.05 Å². The summed E-state index contributed by atoms with van der Waals surface area (Å²) in [6.45, 7) is 0. The van der Waals surface area contributed by atoms with E-state index in [0.717, 1.165) is 0 Å². The molecular weight excluding hydrogens is 607 g/mol. The number of hydrogen-bond acceptors (Lipinski definition) is 6. The molecule has 0 atom stereocenters. The van der Waals surface area contributed by atoms with E-state index in [1.807, 2.05) is 18.2 Å². The molecule has 230 valence electrons. The smallest absolute Gasteiger partial charge is 0.416 e. The topological polar surface area (TPSA) is 86.7 Å². The van der Waals surface area contributed by atoms with Crippen LogP contribution in [-0.4, -0.2) is 17.3 Å². The van der Waals surface area contributed by atoms with Crippen LogP contribution in [0, 0.1) is 0 Å². The van der Waals surface area contributed by atoms with Crippen LogP contribution >= 0.6 is 7.60 Å². The monoisotopic (exact) mass is 636 g/mol. The van der Waals surface area contributed by atoms with Gasteiger partial charge in [0.15, 0.2) is 17.3 Å². The van der Waals surface area contributed by atoms with Crippen LogP contribution in [0.4, 0.5) is 0 Å². The molecule has 7 heteroatoms. The van der Waals surface area contributed by atoms with Crippen LogP contribution in [0.1, 0.15) is 53.3 Å². The van der Waals surface area contributed by atoms with Crippen LogP contribution in [0.25, 0.3) is 0 Å². The van der Waals surface area contributed by atoms with Gasteiger partial charge in [-0.25, -0.2) is 4.57 Å². The molecule has 0 bridgehead atoms. The third kappa shape index (κ3) is 7.70. The Morgan fingerprint density at radius 3 is 0.979 bits per heavy atom. The van der Waals surface area contributed by atoms with Crippen molar-refractivity contribution >= 4 is 24.9 Å². The number of benzene rings is 6. The van der Waals surface area contributed by atoms with E-state index < -0.39 is 7.60 Å². The van der Waals surface area contributed by atoms with Crippen LogP contribution < -0.4 is 9.05 Å². The molecule has 0 amide bonds. The molecule has 0 aromatic heterocycles. The van der Waals surface area contributed by atoms with Crippen molar-refractivity contribution in [1.29, 1.82) is 0 Å². The molecule has 0 aliphatic heterocycles. The number of rotatable bonds is 12.